The number of aromatic carboxylic acids is 1. The molecule has 0 saturated carbocycles. The van der Waals surface area contributed by atoms with Gasteiger partial charge in [-0.1, -0.05) is 0 Å². The van der Waals surface area contributed by atoms with Gasteiger partial charge >= 0.3 is 12.1 Å². The fourth-order valence-electron chi connectivity index (χ4n) is 3.47. The van der Waals surface area contributed by atoms with E-state index in [0.717, 1.165) is 6.07 Å². The van der Waals surface area contributed by atoms with Gasteiger partial charge in [0.1, 0.15) is 22.8 Å². The number of amides is 1. The molecular formula is C18H23FN2O5. The summed E-state index contributed by atoms with van der Waals surface area (Å²) in [6, 6.07) is 1.79. The summed E-state index contributed by atoms with van der Waals surface area (Å²) in [7, 11) is 0. The number of rotatable bonds is 1. The molecule has 2 aliphatic heterocycles. The predicted octanol–water partition coefficient (Wildman–Crippen LogP) is 2.69. The zero-order chi connectivity index (χ0) is 19.3. The third-order valence-corrected chi connectivity index (χ3v) is 4.62. The number of hydrogen-bond donors (Lipinski definition) is 2. The summed E-state index contributed by atoms with van der Waals surface area (Å²) in [5, 5.41) is 9.12. The summed E-state index contributed by atoms with van der Waals surface area (Å²) in [6.07, 6.45) is 0.521. The Balaban J connectivity index is 1.83. The maximum atomic E-state index is 13.9. The number of nitrogens with two attached hydrogens (primary N) is 1. The van der Waals surface area contributed by atoms with Crippen molar-refractivity contribution in [1.29, 1.82) is 0 Å². The van der Waals surface area contributed by atoms with Gasteiger partial charge in [-0.15, -0.1) is 0 Å². The molecule has 1 amide bonds. The molecule has 2 atom stereocenters. The molecule has 0 aliphatic carbocycles. The molecule has 1 fully saturated rings. The number of carboxylic acids is 1. The van der Waals surface area contributed by atoms with Crippen LogP contribution in [0, 0.1) is 5.82 Å². The molecule has 3 N–H and O–H groups in total. The number of hydrogen-bond acceptors (Lipinski definition) is 5. The molecule has 0 bridgehead atoms. The van der Waals surface area contributed by atoms with E-state index in [1.807, 2.05) is 0 Å². The second-order valence-corrected chi connectivity index (χ2v) is 7.92. The Bertz CT molecular complexity index is 761. The summed E-state index contributed by atoms with van der Waals surface area (Å²) in [5.74, 6) is -1.95. The zero-order valence-electron chi connectivity index (χ0n) is 15.0. The summed E-state index contributed by atoms with van der Waals surface area (Å²) in [5.41, 5.74) is 4.84. The molecule has 142 valence electrons. The highest BCUT2D eigenvalue weighted by Crippen LogP contribution is 2.43. The number of carbonyl (C=O) groups excluding carboxylic acids is 1. The Labute approximate surface area is 150 Å². The highest BCUT2D eigenvalue weighted by Gasteiger charge is 2.47. The van der Waals surface area contributed by atoms with Crippen molar-refractivity contribution in [2.75, 3.05) is 13.1 Å². The van der Waals surface area contributed by atoms with E-state index in [2.05, 4.69) is 0 Å². The average Bonchev–Trinajstić information content (AvgIpc) is 2.89. The minimum absolute atomic E-state index is 0.258. The highest BCUT2D eigenvalue weighted by molar-refractivity contribution is 5.88. The molecule has 8 heteroatoms. The van der Waals surface area contributed by atoms with Gasteiger partial charge in [-0.05, 0) is 32.9 Å². The minimum atomic E-state index is -1.37. The van der Waals surface area contributed by atoms with Crippen molar-refractivity contribution in [3.05, 3.63) is 29.1 Å². The van der Waals surface area contributed by atoms with Crippen molar-refractivity contribution >= 4 is 12.1 Å². The fraction of sp³-hybridized carbons (Fsp3) is 0.556. The molecular weight excluding hydrogens is 343 g/mol. The van der Waals surface area contributed by atoms with Crippen molar-refractivity contribution in [2.24, 2.45) is 5.73 Å². The van der Waals surface area contributed by atoms with Crippen molar-refractivity contribution < 1.29 is 28.6 Å². The van der Waals surface area contributed by atoms with Crippen LogP contribution in [0.3, 0.4) is 0 Å². The first-order chi connectivity index (χ1) is 12.0. The topological polar surface area (TPSA) is 102 Å². The van der Waals surface area contributed by atoms with Crippen LogP contribution in [0.1, 0.15) is 55.6 Å². The number of fused-ring (bicyclic) bond motifs is 1. The van der Waals surface area contributed by atoms with Gasteiger partial charge in [0, 0.05) is 31.0 Å². The first-order valence-electron chi connectivity index (χ1n) is 8.49. The number of benzene rings is 1. The van der Waals surface area contributed by atoms with Gasteiger partial charge in [-0.25, -0.2) is 14.0 Å². The lowest BCUT2D eigenvalue weighted by atomic mass is 9.86. The fourth-order valence-corrected chi connectivity index (χ4v) is 3.47. The molecule has 1 aromatic carbocycles. The first kappa shape index (κ1) is 18.4. The number of carbonyl (C=O) groups is 2. The van der Waals surface area contributed by atoms with Crippen molar-refractivity contribution in [3.8, 4) is 5.75 Å². The van der Waals surface area contributed by atoms with Crippen LogP contribution in [0.4, 0.5) is 9.18 Å². The lowest BCUT2D eigenvalue weighted by Gasteiger charge is -2.38. The Morgan fingerprint density at radius 1 is 1.42 bits per heavy atom. The maximum absolute atomic E-state index is 13.9. The van der Waals surface area contributed by atoms with Crippen LogP contribution in [0.25, 0.3) is 0 Å². The van der Waals surface area contributed by atoms with Crippen molar-refractivity contribution in [1.82, 2.24) is 4.90 Å². The standard InChI is InChI=1S/C18H23FN2O5/c1-17(2,3)26-16(24)21-5-4-18(9-21)8-13(20)11-6-12(19)10(15(22)23)7-14(11)25-18/h6-7,13H,4-5,8-9,20H2,1-3H3,(H,22,23). The third-order valence-electron chi connectivity index (χ3n) is 4.62. The Morgan fingerprint density at radius 3 is 2.73 bits per heavy atom. The maximum Gasteiger partial charge on any atom is 0.410 e. The van der Waals surface area contributed by atoms with Crippen molar-refractivity contribution in [3.63, 3.8) is 0 Å². The molecule has 2 unspecified atom stereocenters. The van der Waals surface area contributed by atoms with E-state index in [9.17, 15) is 14.0 Å². The molecule has 0 aromatic heterocycles. The molecule has 1 saturated heterocycles. The largest absolute Gasteiger partial charge is 0.485 e. The molecule has 1 spiro atoms. The normalized spacial score (nSPS) is 25.0. The molecule has 2 aliphatic rings. The molecule has 0 radical (unpaired) electrons. The monoisotopic (exact) mass is 366 g/mol. The zero-order valence-corrected chi connectivity index (χ0v) is 15.0. The van der Waals surface area contributed by atoms with Gasteiger partial charge < -0.3 is 25.2 Å². The number of ether oxygens (including phenoxy) is 2. The van der Waals surface area contributed by atoms with Crippen molar-refractivity contribution in [2.45, 2.75) is 50.9 Å². The molecule has 26 heavy (non-hydrogen) atoms. The van der Waals surface area contributed by atoms with Gasteiger partial charge in [0.2, 0.25) is 0 Å². The smallest absolute Gasteiger partial charge is 0.410 e. The summed E-state index contributed by atoms with van der Waals surface area (Å²) >= 11 is 0. The van der Waals surface area contributed by atoms with E-state index in [4.69, 9.17) is 20.3 Å². The lowest BCUT2D eigenvalue weighted by Crippen LogP contribution is -2.46. The highest BCUT2D eigenvalue weighted by atomic mass is 19.1. The second-order valence-electron chi connectivity index (χ2n) is 7.92. The molecule has 2 heterocycles. The van der Waals surface area contributed by atoms with Crippen LogP contribution >= 0.6 is 0 Å². The second kappa shape index (κ2) is 6.12. The van der Waals surface area contributed by atoms with Gasteiger partial charge in [-0.3, -0.25) is 0 Å². The number of carboxylic acid groups (broad SMARTS) is 1. The van der Waals surface area contributed by atoms with Crippen LogP contribution in [0.2, 0.25) is 0 Å². The van der Waals surface area contributed by atoms with Crippen LogP contribution in [0.5, 0.6) is 5.75 Å². The van der Waals surface area contributed by atoms with E-state index in [-0.39, 0.29) is 12.3 Å². The van der Waals surface area contributed by atoms with Gasteiger partial charge in [0.25, 0.3) is 0 Å². The SMILES string of the molecule is CC(C)(C)OC(=O)N1CCC2(CC(N)c3cc(F)c(C(=O)O)cc3O2)C1. The Kier molecular flexibility index (Phi) is 4.34. The van der Waals surface area contributed by atoms with Crippen LogP contribution in [0.15, 0.2) is 12.1 Å². The van der Waals surface area contributed by atoms with E-state index >= 15 is 0 Å². The quantitative estimate of drug-likeness (QED) is 0.792. The van der Waals surface area contributed by atoms with E-state index < -0.39 is 40.7 Å². The number of halogens is 1. The van der Waals surface area contributed by atoms with Gasteiger partial charge in [-0.2, -0.15) is 0 Å². The van der Waals surface area contributed by atoms with Crippen LogP contribution < -0.4 is 10.5 Å². The van der Waals surface area contributed by atoms with Crippen LogP contribution in [-0.4, -0.2) is 46.4 Å². The van der Waals surface area contributed by atoms with Gasteiger partial charge in [0.15, 0.2) is 0 Å². The van der Waals surface area contributed by atoms with Gasteiger partial charge in [0.05, 0.1) is 12.1 Å². The number of likely N-dealkylation sites (tertiary alicyclic amines) is 1. The minimum Gasteiger partial charge on any atom is -0.485 e. The van der Waals surface area contributed by atoms with Crippen LogP contribution in [-0.2, 0) is 4.74 Å². The predicted molar refractivity (Wildman–Crippen MR) is 90.7 cm³/mol. The lowest BCUT2D eigenvalue weighted by molar-refractivity contribution is 0.0143. The van der Waals surface area contributed by atoms with E-state index in [1.165, 1.54) is 6.07 Å². The first-order valence-corrected chi connectivity index (χ1v) is 8.49. The Hall–Kier alpha value is -2.35. The summed E-state index contributed by atoms with van der Waals surface area (Å²) < 4.78 is 25.4. The van der Waals surface area contributed by atoms with E-state index in [1.54, 1.807) is 25.7 Å². The number of nitrogens with zero attached hydrogens (tertiary/aromatic N) is 1. The molecule has 1 aromatic rings. The summed E-state index contributed by atoms with van der Waals surface area (Å²) in [4.78, 5) is 25.0. The molecule has 3 rings (SSSR count). The average molecular weight is 366 g/mol. The Morgan fingerprint density at radius 2 is 2.12 bits per heavy atom. The third kappa shape index (κ3) is 3.46. The molecule has 7 nitrogen and oxygen atoms in total. The van der Waals surface area contributed by atoms with E-state index in [0.29, 0.717) is 24.9 Å². The summed E-state index contributed by atoms with van der Waals surface area (Å²) in [6.45, 7) is 6.12.